The van der Waals surface area contributed by atoms with Gasteiger partial charge in [0.05, 0.1) is 5.39 Å². The predicted molar refractivity (Wildman–Crippen MR) is 102 cm³/mol. The van der Waals surface area contributed by atoms with Crippen molar-refractivity contribution in [1.29, 1.82) is 0 Å². The van der Waals surface area contributed by atoms with E-state index < -0.39 is 0 Å². The summed E-state index contributed by atoms with van der Waals surface area (Å²) < 4.78 is 13.2. The molecule has 0 bridgehead atoms. The van der Waals surface area contributed by atoms with Crippen molar-refractivity contribution in [1.82, 2.24) is 9.97 Å². The third kappa shape index (κ3) is 3.08. The Kier molecular flexibility index (Phi) is 4.11. The largest absolute Gasteiger partial charge is 0.340 e. The lowest BCUT2D eigenvalue weighted by molar-refractivity contribution is 0.628. The summed E-state index contributed by atoms with van der Waals surface area (Å²) in [4.78, 5) is 10.7. The minimum absolute atomic E-state index is 0.179. The van der Waals surface area contributed by atoms with Crippen LogP contribution in [0.5, 0.6) is 0 Å². The first-order valence-corrected chi connectivity index (χ1v) is 8.86. The van der Waals surface area contributed by atoms with E-state index in [1.54, 1.807) is 23.5 Å². The van der Waals surface area contributed by atoms with Crippen molar-refractivity contribution in [3.63, 3.8) is 0 Å². The van der Waals surface area contributed by atoms with Crippen LogP contribution in [0.4, 0.5) is 15.9 Å². The molecule has 124 valence electrons. The lowest BCUT2D eigenvalue weighted by Gasteiger charge is -2.09. The van der Waals surface area contributed by atoms with E-state index >= 15 is 0 Å². The molecular weight excluding hydrogens is 357 g/mol. The van der Waals surface area contributed by atoms with Crippen molar-refractivity contribution in [2.24, 2.45) is 0 Å². The van der Waals surface area contributed by atoms with Crippen LogP contribution in [0.15, 0.2) is 54.6 Å². The van der Waals surface area contributed by atoms with Crippen LogP contribution in [-0.4, -0.2) is 9.97 Å². The van der Waals surface area contributed by atoms with E-state index in [9.17, 15) is 4.39 Å². The Labute approximate surface area is 153 Å². The van der Waals surface area contributed by atoms with E-state index in [-0.39, 0.29) is 11.1 Å². The number of anilines is 2. The highest BCUT2D eigenvalue weighted by Crippen LogP contribution is 2.41. The van der Waals surface area contributed by atoms with Crippen molar-refractivity contribution in [2.45, 2.75) is 6.92 Å². The zero-order chi connectivity index (χ0) is 17.4. The third-order valence-electron chi connectivity index (χ3n) is 3.87. The standard InChI is InChI=1S/C19H13ClFN3S/c1-11-15(12-5-3-2-4-6-12)16-17(23-19(20)24-18(16)25-11)22-14-9-7-13(21)8-10-14/h2-10H,1H3,(H,22,23,24). The van der Waals surface area contributed by atoms with Gasteiger partial charge in [-0.3, -0.25) is 0 Å². The van der Waals surface area contributed by atoms with Crippen molar-refractivity contribution >= 4 is 44.7 Å². The van der Waals surface area contributed by atoms with Crippen molar-refractivity contribution < 1.29 is 4.39 Å². The minimum atomic E-state index is -0.284. The number of aromatic nitrogens is 2. The lowest BCUT2D eigenvalue weighted by atomic mass is 10.0. The fourth-order valence-corrected chi connectivity index (χ4v) is 4.06. The first kappa shape index (κ1) is 16.0. The molecule has 0 aliphatic rings. The highest BCUT2D eigenvalue weighted by molar-refractivity contribution is 7.19. The van der Waals surface area contributed by atoms with Gasteiger partial charge in [0.15, 0.2) is 0 Å². The molecule has 0 radical (unpaired) electrons. The summed E-state index contributed by atoms with van der Waals surface area (Å²) in [5.74, 6) is 0.331. The molecule has 0 amide bonds. The molecule has 0 spiro atoms. The molecule has 2 heterocycles. The van der Waals surface area contributed by atoms with Gasteiger partial charge >= 0.3 is 0 Å². The number of aryl methyl sites for hydroxylation is 1. The summed E-state index contributed by atoms with van der Waals surface area (Å²) in [6.45, 7) is 2.06. The van der Waals surface area contributed by atoms with Gasteiger partial charge in [0, 0.05) is 16.1 Å². The Bertz CT molecular complexity index is 1050. The maximum Gasteiger partial charge on any atom is 0.225 e. The highest BCUT2D eigenvalue weighted by Gasteiger charge is 2.18. The average Bonchev–Trinajstić information content (AvgIpc) is 2.93. The quantitative estimate of drug-likeness (QED) is 0.437. The zero-order valence-corrected chi connectivity index (χ0v) is 14.8. The molecule has 0 unspecified atom stereocenters. The fourth-order valence-electron chi connectivity index (χ4n) is 2.80. The van der Waals surface area contributed by atoms with Crippen LogP contribution in [0.1, 0.15) is 4.88 Å². The van der Waals surface area contributed by atoms with Gasteiger partial charge in [-0.15, -0.1) is 11.3 Å². The molecule has 4 rings (SSSR count). The van der Waals surface area contributed by atoms with Gasteiger partial charge in [0.2, 0.25) is 5.28 Å². The van der Waals surface area contributed by atoms with Crippen molar-refractivity contribution in [2.75, 3.05) is 5.32 Å². The Morgan fingerprint density at radius 3 is 2.44 bits per heavy atom. The van der Waals surface area contributed by atoms with E-state index in [1.807, 2.05) is 18.2 Å². The highest BCUT2D eigenvalue weighted by atomic mass is 35.5. The number of nitrogens with one attached hydrogen (secondary N) is 1. The predicted octanol–water partition coefficient (Wildman–Crippen LogP) is 6.20. The summed E-state index contributed by atoms with van der Waals surface area (Å²) in [5, 5.41) is 4.34. The van der Waals surface area contributed by atoms with Crippen LogP contribution < -0.4 is 5.32 Å². The summed E-state index contributed by atoms with van der Waals surface area (Å²) >= 11 is 7.69. The Morgan fingerprint density at radius 2 is 1.72 bits per heavy atom. The molecule has 3 nitrogen and oxygen atoms in total. The van der Waals surface area contributed by atoms with E-state index in [2.05, 4.69) is 34.3 Å². The second kappa shape index (κ2) is 6.43. The first-order valence-electron chi connectivity index (χ1n) is 7.66. The van der Waals surface area contributed by atoms with Gasteiger partial charge in [-0.1, -0.05) is 30.3 Å². The van der Waals surface area contributed by atoms with Crippen LogP contribution >= 0.6 is 22.9 Å². The molecule has 25 heavy (non-hydrogen) atoms. The molecule has 0 fully saturated rings. The lowest BCUT2D eigenvalue weighted by Crippen LogP contribution is -1.97. The summed E-state index contributed by atoms with van der Waals surface area (Å²) in [6, 6.07) is 16.2. The van der Waals surface area contributed by atoms with Crippen LogP contribution in [-0.2, 0) is 0 Å². The van der Waals surface area contributed by atoms with Crippen LogP contribution in [0.2, 0.25) is 5.28 Å². The van der Waals surface area contributed by atoms with Gasteiger partial charge < -0.3 is 5.32 Å². The number of hydrogen-bond acceptors (Lipinski definition) is 4. The van der Waals surface area contributed by atoms with Crippen molar-refractivity contribution in [3.05, 3.63) is 70.6 Å². The molecule has 2 aromatic heterocycles. The van der Waals surface area contributed by atoms with Gasteiger partial charge in [-0.25, -0.2) is 9.37 Å². The van der Waals surface area contributed by atoms with Crippen molar-refractivity contribution in [3.8, 4) is 11.1 Å². The number of hydrogen-bond donors (Lipinski definition) is 1. The summed E-state index contributed by atoms with van der Waals surface area (Å²) in [6.07, 6.45) is 0. The molecule has 0 aliphatic heterocycles. The van der Waals surface area contributed by atoms with Gasteiger partial charge in [0.1, 0.15) is 16.5 Å². The van der Waals surface area contributed by atoms with Crippen LogP contribution in [0, 0.1) is 12.7 Å². The SMILES string of the molecule is Cc1sc2nc(Cl)nc(Nc3ccc(F)cc3)c2c1-c1ccccc1. The van der Waals surface area contributed by atoms with E-state index in [1.165, 1.54) is 12.1 Å². The first-order chi connectivity index (χ1) is 12.1. The van der Waals surface area contributed by atoms with Gasteiger partial charge in [0.25, 0.3) is 0 Å². The number of rotatable bonds is 3. The second-order valence-electron chi connectivity index (χ2n) is 5.55. The fraction of sp³-hybridized carbons (Fsp3) is 0.0526. The molecule has 1 N–H and O–H groups in total. The number of benzene rings is 2. The topological polar surface area (TPSA) is 37.8 Å². The second-order valence-corrected chi connectivity index (χ2v) is 7.09. The zero-order valence-electron chi connectivity index (χ0n) is 13.3. The number of nitrogens with zero attached hydrogens (tertiary/aromatic N) is 2. The molecule has 0 atom stereocenters. The molecule has 0 saturated heterocycles. The van der Waals surface area contributed by atoms with Crippen LogP contribution in [0.3, 0.4) is 0 Å². The van der Waals surface area contributed by atoms with E-state index in [0.29, 0.717) is 5.82 Å². The van der Waals surface area contributed by atoms with E-state index in [4.69, 9.17) is 11.6 Å². The monoisotopic (exact) mass is 369 g/mol. The average molecular weight is 370 g/mol. The normalized spacial score (nSPS) is 11.0. The minimum Gasteiger partial charge on any atom is -0.340 e. The molecule has 0 aliphatic carbocycles. The summed E-state index contributed by atoms with van der Waals surface area (Å²) in [5.41, 5.74) is 2.92. The van der Waals surface area contributed by atoms with Gasteiger partial charge in [-0.05, 0) is 48.4 Å². The number of fused-ring (bicyclic) bond motifs is 1. The van der Waals surface area contributed by atoms with Gasteiger partial charge in [-0.2, -0.15) is 4.98 Å². The summed E-state index contributed by atoms with van der Waals surface area (Å²) in [7, 11) is 0. The van der Waals surface area contributed by atoms with E-state index in [0.717, 1.165) is 31.9 Å². The molecule has 4 aromatic rings. The maximum absolute atomic E-state index is 13.2. The number of thiophene rings is 1. The van der Waals surface area contributed by atoms with Crippen LogP contribution in [0.25, 0.3) is 21.3 Å². The molecule has 2 aromatic carbocycles. The Balaban J connectivity index is 1.92. The third-order valence-corrected chi connectivity index (χ3v) is 5.04. The molecule has 6 heteroatoms. The number of halogens is 2. The maximum atomic E-state index is 13.2. The Hall–Kier alpha value is -2.50. The molecular formula is C19H13ClFN3S. The Morgan fingerprint density at radius 1 is 1.00 bits per heavy atom. The molecule has 0 saturated carbocycles. The smallest absolute Gasteiger partial charge is 0.225 e.